The minimum absolute atomic E-state index is 0.112. The Morgan fingerprint density at radius 3 is 2.27 bits per heavy atom. The lowest BCUT2D eigenvalue weighted by Gasteiger charge is -2.23. The van der Waals surface area contributed by atoms with E-state index in [-0.39, 0.29) is 5.41 Å². The molecule has 22 heavy (non-hydrogen) atoms. The van der Waals surface area contributed by atoms with Gasteiger partial charge in [0.25, 0.3) is 0 Å². The van der Waals surface area contributed by atoms with Crippen LogP contribution in [0.2, 0.25) is 0 Å². The molecule has 0 spiro atoms. The molecule has 0 aliphatic carbocycles. The van der Waals surface area contributed by atoms with Crippen molar-refractivity contribution in [2.75, 3.05) is 0 Å². The largest absolute Gasteiger partial charge is 0.241 e. The standard InChI is InChI=1S/C20H23NS/c1-13(2)19-21-17-11-15(14-9-7-6-8-10-14)16(20(3,4)5)12-18(17)22-19/h6-13H,1-5H3. The van der Waals surface area contributed by atoms with Crippen molar-refractivity contribution in [2.45, 2.75) is 46.0 Å². The van der Waals surface area contributed by atoms with Gasteiger partial charge in [-0.3, -0.25) is 0 Å². The van der Waals surface area contributed by atoms with Crippen LogP contribution >= 0.6 is 11.3 Å². The van der Waals surface area contributed by atoms with Gasteiger partial charge in [0.2, 0.25) is 0 Å². The highest BCUT2D eigenvalue weighted by atomic mass is 32.1. The number of rotatable bonds is 2. The first-order chi connectivity index (χ1) is 10.4. The normalized spacial score (nSPS) is 12.3. The summed E-state index contributed by atoms with van der Waals surface area (Å²) < 4.78 is 1.30. The second-order valence-corrected chi connectivity index (χ2v) is 8.25. The van der Waals surface area contributed by atoms with E-state index in [1.165, 1.54) is 26.4 Å². The third-order valence-corrected chi connectivity index (χ3v) is 5.25. The van der Waals surface area contributed by atoms with E-state index in [0.29, 0.717) is 5.92 Å². The summed E-state index contributed by atoms with van der Waals surface area (Å²) >= 11 is 1.83. The van der Waals surface area contributed by atoms with Gasteiger partial charge in [0.1, 0.15) is 0 Å². The fourth-order valence-electron chi connectivity index (χ4n) is 2.72. The molecule has 0 radical (unpaired) electrons. The summed E-state index contributed by atoms with van der Waals surface area (Å²) in [5.74, 6) is 0.482. The van der Waals surface area contributed by atoms with Gasteiger partial charge >= 0.3 is 0 Å². The van der Waals surface area contributed by atoms with E-state index in [4.69, 9.17) is 4.98 Å². The molecule has 0 aliphatic rings. The average Bonchev–Trinajstić information content (AvgIpc) is 2.89. The van der Waals surface area contributed by atoms with Crippen molar-refractivity contribution in [3.8, 4) is 11.1 Å². The van der Waals surface area contributed by atoms with Gasteiger partial charge in [0.05, 0.1) is 15.2 Å². The smallest absolute Gasteiger partial charge is 0.0963 e. The van der Waals surface area contributed by atoms with E-state index in [0.717, 1.165) is 5.52 Å². The Bertz CT molecular complexity index is 792. The Morgan fingerprint density at radius 1 is 1.00 bits per heavy atom. The number of aromatic nitrogens is 1. The van der Waals surface area contributed by atoms with Crippen molar-refractivity contribution in [3.63, 3.8) is 0 Å². The lowest BCUT2D eigenvalue weighted by atomic mass is 9.82. The first kappa shape index (κ1) is 15.2. The van der Waals surface area contributed by atoms with Gasteiger partial charge in [-0.15, -0.1) is 11.3 Å². The zero-order valence-electron chi connectivity index (χ0n) is 14.0. The molecule has 0 saturated heterocycles. The molecule has 0 bridgehead atoms. The molecule has 0 amide bonds. The van der Waals surface area contributed by atoms with Gasteiger partial charge in [-0.2, -0.15) is 0 Å². The van der Waals surface area contributed by atoms with Crippen LogP contribution < -0.4 is 0 Å². The predicted molar refractivity (Wildman–Crippen MR) is 97.8 cm³/mol. The maximum atomic E-state index is 4.84. The third kappa shape index (κ3) is 2.80. The van der Waals surface area contributed by atoms with Gasteiger partial charge in [-0.25, -0.2) is 4.98 Å². The zero-order valence-corrected chi connectivity index (χ0v) is 14.8. The second-order valence-electron chi connectivity index (χ2n) is 7.19. The van der Waals surface area contributed by atoms with Gasteiger partial charge < -0.3 is 0 Å². The van der Waals surface area contributed by atoms with Crippen LogP contribution in [0.15, 0.2) is 42.5 Å². The molecule has 0 saturated carbocycles. The molecular formula is C20H23NS. The number of hydrogen-bond acceptors (Lipinski definition) is 2. The van der Waals surface area contributed by atoms with Crippen LogP contribution in [0.3, 0.4) is 0 Å². The predicted octanol–water partition coefficient (Wildman–Crippen LogP) is 6.38. The van der Waals surface area contributed by atoms with Crippen molar-refractivity contribution < 1.29 is 0 Å². The second kappa shape index (κ2) is 5.51. The molecule has 0 atom stereocenters. The fourth-order valence-corrected chi connectivity index (χ4v) is 3.71. The minimum Gasteiger partial charge on any atom is -0.241 e. The van der Waals surface area contributed by atoms with E-state index in [9.17, 15) is 0 Å². The highest BCUT2D eigenvalue weighted by molar-refractivity contribution is 7.18. The first-order valence-corrected chi connectivity index (χ1v) is 8.68. The summed E-state index contributed by atoms with van der Waals surface area (Å²) in [5.41, 5.74) is 5.21. The van der Waals surface area contributed by atoms with Crippen LogP contribution in [-0.2, 0) is 5.41 Å². The van der Waals surface area contributed by atoms with Crippen LogP contribution in [0.4, 0.5) is 0 Å². The van der Waals surface area contributed by atoms with Crippen LogP contribution in [0.1, 0.15) is 51.1 Å². The first-order valence-electron chi connectivity index (χ1n) is 7.86. The Morgan fingerprint density at radius 2 is 1.68 bits per heavy atom. The zero-order chi connectivity index (χ0) is 15.9. The molecule has 2 aromatic carbocycles. The van der Waals surface area contributed by atoms with Crippen molar-refractivity contribution in [3.05, 3.63) is 53.0 Å². The van der Waals surface area contributed by atoms with E-state index in [2.05, 4.69) is 77.1 Å². The monoisotopic (exact) mass is 309 g/mol. The molecule has 2 heteroatoms. The van der Waals surface area contributed by atoms with Gasteiger partial charge in [0.15, 0.2) is 0 Å². The Hall–Kier alpha value is -1.67. The quantitative estimate of drug-likeness (QED) is 0.535. The Kier molecular flexibility index (Phi) is 3.82. The number of fused-ring (bicyclic) bond motifs is 1. The number of thiazole rings is 1. The molecular weight excluding hydrogens is 286 g/mol. The number of nitrogens with zero attached hydrogens (tertiary/aromatic N) is 1. The summed E-state index contributed by atoms with van der Waals surface area (Å²) in [4.78, 5) is 4.84. The number of benzene rings is 2. The van der Waals surface area contributed by atoms with Gasteiger partial charge in [-0.05, 0) is 34.2 Å². The Balaban J connectivity index is 2.28. The molecule has 0 N–H and O–H groups in total. The SMILES string of the molecule is CC(C)c1nc2cc(-c3ccccc3)c(C(C)(C)C)cc2s1. The van der Waals surface area contributed by atoms with E-state index < -0.39 is 0 Å². The van der Waals surface area contributed by atoms with Gasteiger partial charge in [0, 0.05) is 5.92 Å². The molecule has 114 valence electrons. The maximum Gasteiger partial charge on any atom is 0.0963 e. The molecule has 0 unspecified atom stereocenters. The van der Waals surface area contributed by atoms with Crippen LogP contribution in [0.25, 0.3) is 21.3 Å². The van der Waals surface area contributed by atoms with E-state index in [1.807, 2.05) is 11.3 Å². The molecule has 1 heterocycles. The topological polar surface area (TPSA) is 12.9 Å². The summed E-state index contributed by atoms with van der Waals surface area (Å²) in [6, 6.07) is 15.3. The van der Waals surface area contributed by atoms with Crippen molar-refractivity contribution >= 4 is 21.6 Å². The minimum atomic E-state index is 0.112. The van der Waals surface area contributed by atoms with Crippen LogP contribution in [0, 0.1) is 0 Å². The van der Waals surface area contributed by atoms with E-state index in [1.54, 1.807) is 0 Å². The third-order valence-electron chi connectivity index (χ3n) is 3.93. The summed E-state index contributed by atoms with van der Waals surface area (Å²) in [6.45, 7) is 11.3. The fraction of sp³-hybridized carbons (Fsp3) is 0.350. The maximum absolute atomic E-state index is 4.84. The van der Waals surface area contributed by atoms with Crippen molar-refractivity contribution in [1.82, 2.24) is 4.98 Å². The molecule has 1 nitrogen and oxygen atoms in total. The lowest BCUT2D eigenvalue weighted by molar-refractivity contribution is 0.593. The lowest BCUT2D eigenvalue weighted by Crippen LogP contribution is -2.12. The summed E-state index contributed by atoms with van der Waals surface area (Å²) in [5, 5.41) is 1.22. The van der Waals surface area contributed by atoms with Crippen LogP contribution in [0.5, 0.6) is 0 Å². The Labute approximate surface area is 137 Å². The van der Waals surface area contributed by atoms with E-state index >= 15 is 0 Å². The highest BCUT2D eigenvalue weighted by Gasteiger charge is 2.21. The average molecular weight is 309 g/mol. The van der Waals surface area contributed by atoms with Crippen LogP contribution in [-0.4, -0.2) is 4.98 Å². The summed E-state index contributed by atoms with van der Waals surface area (Å²) in [7, 11) is 0. The van der Waals surface area contributed by atoms with Crippen molar-refractivity contribution in [2.24, 2.45) is 0 Å². The molecule has 0 fully saturated rings. The molecule has 3 rings (SSSR count). The number of hydrogen-bond donors (Lipinski definition) is 0. The summed E-state index contributed by atoms with van der Waals surface area (Å²) in [6.07, 6.45) is 0. The molecule has 1 aromatic heterocycles. The van der Waals surface area contributed by atoms with Gasteiger partial charge in [-0.1, -0.05) is 65.0 Å². The molecule has 0 aliphatic heterocycles. The van der Waals surface area contributed by atoms with Crippen molar-refractivity contribution in [1.29, 1.82) is 0 Å². The highest BCUT2D eigenvalue weighted by Crippen LogP contribution is 2.38. The molecule has 3 aromatic rings.